The number of benzene rings is 1. The third-order valence-corrected chi connectivity index (χ3v) is 6.84. The van der Waals surface area contributed by atoms with Gasteiger partial charge in [-0.1, -0.05) is 22.9 Å². The summed E-state index contributed by atoms with van der Waals surface area (Å²) >= 11 is 11.0. The molecule has 2 aromatic heterocycles. The molecule has 1 saturated heterocycles. The average molecular weight is 499 g/mol. The Kier molecular flexibility index (Phi) is 6.56. The zero-order valence-electron chi connectivity index (χ0n) is 16.0. The Bertz CT molecular complexity index is 1020. The molecule has 0 unspecified atom stereocenters. The third kappa shape index (κ3) is 4.67. The predicted molar refractivity (Wildman–Crippen MR) is 119 cm³/mol. The maximum absolute atomic E-state index is 13.2. The van der Waals surface area contributed by atoms with Gasteiger partial charge in [0.15, 0.2) is 15.6 Å². The highest BCUT2D eigenvalue weighted by Crippen LogP contribution is 2.34. The Morgan fingerprint density at radius 2 is 2.10 bits per heavy atom. The summed E-state index contributed by atoms with van der Waals surface area (Å²) in [5.41, 5.74) is 1.76. The van der Waals surface area contributed by atoms with Crippen molar-refractivity contribution in [3.8, 4) is 0 Å². The Hall–Kier alpha value is -1.45. The molecule has 0 radical (unpaired) electrons. The number of furan rings is 1. The summed E-state index contributed by atoms with van der Waals surface area (Å²) in [5.74, 6) is 0.0951. The topological polar surface area (TPSA) is 58.8 Å². The van der Waals surface area contributed by atoms with Crippen LogP contribution in [0.15, 0.2) is 33.4 Å². The molecule has 0 spiro atoms. The first-order valence-corrected chi connectivity index (χ1v) is 11.4. The van der Waals surface area contributed by atoms with Gasteiger partial charge < -0.3 is 9.15 Å². The van der Waals surface area contributed by atoms with E-state index in [1.165, 1.54) is 11.3 Å². The summed E-state index contributed by atoms with van der Waals surface area (Å²) in [6.07, 6.45) is 0.837. The molecule has 29 heavy (non-hydrogen) atoms. The number of hydrogen-bond acceptors (Lipinski definition) is 6. The second-order valence-corrected chi connectivity index (χ2v) is 9.08. The maximum Gasteiger partial charge on any atom is 0.295 e. The van der Waals surface area contributed by atoms with Gasteiger partial charge in [-0.25, -0.2) is 4.98 Å². The normalized spacial score (nSPS) is 15.1. The number of thiazole rings is 1. The first-order valence-electron chi connectivity index (χ1n) is 9.46. The van der Waals surface area contributed by atoms with Gasteiger partial charge in [-0.15, -0.1) is 0 Å². The molecule has 3 heterocycles. The predicted octanol–water partition coefficient (Wildman–Crippen LogP) is 4.98. The third-order valence-electron chi connectivity index (χ3n) is 4.96. The van der Waals surface area contributed by atoms with Crippen LogP contribution in [0.25, 0.3) is 10.2 Å². The zero-order chi connectivity index (χ0) is 20.4. The minimum Gasteiger partial charge on any atom is -0.444 e. The number of ether oxygens (including phenoxy) is 1. The van der Waals surface area contributed by atoms with E-state index in [2.05, 4.69) is 20.8 Å². The molecular weight excluding hydrogens is 478 g/mol. The van der Waals surface area contributed by atoms with Crippen LogP contribution in [0, 0.1) is 6.92 Å². The van der Waals surface area contributed by atoms with Crippen molar-refractivity contribution in [2.45, 2.75) is 13.3 Å². The molecular formula is C20H21BrClN3O3S. The van der Waals surface area contributed by atoms with Crippen LogP contribution in [0.1, 0.15) is 22.5 Å². The number of amides is 1. The van der Waals surface area contributed by atoms with Gasteiger partial charge in [-0.3, -0.25) is 14.6 Å². The second-order valence-electron chi connectivity index (χ2n) is 6.88. The van der Waals surface area contributed by atoms with Gasteiger partial charge in [0.2, 0.25) is 0 Å². The van der Waals surface area contributed by atoms with Gasteiger partial charge in [-0.2, -0.15) is 0 Å². The molecule has 6 nitrogen and oxygen atoms in total. The summed E-state index contributed by atoms with van der Waals surface area (Å²) in [7, 11) is 0. The van der Waals surface area contributed by atoms with Crippen LogP contribution in [0.5, 0.6) is 0 Å². The monoisotopic (exact) mass is 497 g/mol. The maximum atomic E-state index is 13.2. The number of fused-ring (bicyclic) bond motifs is 1. The molecule has 3 aromatic rings. The number of aryl methyl sites for hydroxylation is 1. The van der Waals surface area contributed by atoms with Crippen molar-refractivity contribution in [1.29, 1.82) is 0 Å². The molecule has 1 fully saturated rings. The van der Waals surface area contributed by atoms with E-state index in [0.29, 0.717) is 21.4 Å². The Morgan fingerprint density at radius 3 is 2.83 bits per heavy atom. The lowest BCUT2D eigenvalue weighted by atomic mass is 10.2. The van der Waals surface area contributed by atoms with Crippen LogP contribution in [-0.4, -0.2) is 55.2 Å². The lowest BCUT2D eigenvalue weighted by Crippen LogP contribution is -2.39. The fourth-order valence-corrected chi connectivity index (χ4v) is 4.84. The van der Waals surface area contributed by atoms with Crippen molar-refractivity contribution in [2.24, 2.45) is 0 Å². The van der Waals surface area contributed by atoms with Crippen LogP contribution in [0.2, 0.25) is 5.02 Å². The molecule has 0 saturated carbocycles. The lowest BCUT2D eigenvalue weighted by molar-refractivity contribution is 0.0376. The molecule has 1 aliphatic rings. The highest BCUT2D eigenvalue weighted by molar-refractivity contribution is 9.10. The van der Waals surface area contributed by atoms with Crippen molar-refractivity contribution in [3.63, 3.8) is 0 Å². The Balaban J connectivity index is 1.58. The average Bonchev–Trinajstić information content (AvgIpc) is 3.35. The molecule has 154 valence electrons. The first kappa shape index (κ1) is 20.8. The summed E-state index contributed by atoms with van der Waals surface area (Å²) < 4.78 is 12.5. The van der Waals surface area contributed by atoms with Crippen LogP contribution < -0.4 is 4.90 Å². The van der Waals surface area contributed by atoms with Gasteiger partial charge >= 0.3 is 0 Å². The quantitative estimate of drug-likeness (QED) is 0.479. The van der Waals surface area contributed by atoms with Crippen molar-refractivity contribution >= 4 is 60.1 Å². The van der Waals surface area contributed by atoms with Crippen molar-refractivity contribution in [2.75, 3.05) is 44.3 Å². The van der Waals surface area contributed by atoms with Crippen molar-refractivity contribution < 1.29 is 13.9 Å². The molecule has 0 N–H and O–H groups in total. The summed E-state index contributed by atoms with van der Waals surface area (Å²) in [4.78, 5) is 22.0. The number of hydrogen-bond donors (Lipinski definition) is 0. The zero-order valence-corrected chi connectivity index (χ0v) is 19.1. The highest BCUT2D eigenvalue weighted by atomic mass is 79.9. The summed E-state index contributed by atoms with van der Waals surface area (Å²) in [6, 6.07) is 7.22. The van der Waals surface area contributed by atoms with E-state index >= 15 is 0 Å². The van der Waals surface area contributed by atoms with E-state index in [4.69, 9.17) is 25.7 Å². The van der Waals surface area contributed by atoms with E-state index in [1.807, 2.05) is 19.1 Å². The van der Waals surface area contributed by atoms with Crippen LogP contribution in [0.3, 0.4) is 0 Å². The Labute approximate surface area is 186 Å². The molecule has 9 heteroatoms. The SMILES string of the molecule is Cc1c(Cl)ccc2sc(N(CCCN3CCOCC3)C(=O)c3ccc(Br)o3)nc12. The summed E-state index contributed by atoms with van der Waals surface area (Å²) in [5, 5.41) is 1.33. The summed E-state index contributed by atoms with van der Waals surface area (Å²) in [6.45, 7) is 6.80. The molecule has 4 rings (SSSR count). The minimum absolute atomic E-state index is 0.194. The number of anilines is 1. The number of halogens is 2. The van der Waals surface area contributed by atoms with E-state index in [1.54, 1.807) is 17.0 Å². The van der Waals surface area contributed by atoms with E-state index < -0.39 is 0 Å². The molecule has 1 aliphatic heterocycles. The van der Waals surface area contributed by atoms with Gasteiger partial charge in [0.25, 0.3) is 5.91 Å². The number of aromatic nitrogens is 1. The largest absolute Gasteiger partial charge is 0.444 e. The van der Waals surface area contributed by atoms with Crippen molar-refractivity contribution in [3.05, 3.63) is 45.3 Å². The standard InChI is InChI=1S/C20H21BrClN3O3S/c1-13-14(22)3-5-16-18(13)23-20(29-16)25(19(26)15-4-6-17(21)28-15)8-2-7-24-9-11-27-12-10-24/h3-6H,2,7-12H2,1H3. The highest BCUT2D eigenvalue weighted by Gasteiger charge is 2.24. The first-order chi connectivity index (χ1) is 14.0. The van der Waals surface area contributed by atoms with Crippen molar-refractivity contribution in [1.82, 2.24) is 9.88 Å². The van der Waals surface area contributed by atoms with Crippen LogP contribution in [0.4, 0.5) is 5.13 Å². The number of carbonyl (C=O) groups is 1. The molecule has 0 aliphatic carbocycles. The molecule has 1 amide bonds. The van der Waals surface area contributed by atoms with Crippen LogP contribution >= 0.6 is 38.9 Å². The van der Waals surface area contributed by atoms with Gasteiger partial charge in [-0.05, 0) is 59.1 Å². The number of morpholine rings is 1. The number of nitrogens with zero attached hydrogens (tertiary/aromatic N) is 3. The Morgan fingerprint density at radius 1 is 1.31 bits per heavy atom. The molecule has 0 bridgehead atoms. The number of rotatable bonds is 6. The van der Waals surface area contributed by atoms with Gasteiger partial charge in [0.1, 0.15) is 0 Å². The van der Waals surface area contributed by atoms with E-state index in [0.717, 1.165) is 55.0 Å². The smallest absolute Gasteiger partial charge is 0.295 e. The van der Waals surface area contributed by atoms with Gasteiger partial charge in [0, 0.05) is 31.2 Å². The fraction of sp³-hybridized carbons (Fsp3) is 0.400. The number of carbonyl (C=O) groups excluding carboxylic acids is 1. The van der Waals surface area contributed by atoms with E-state index in [-0.39, 0.29) is 11.7 Å². The van der Waals surface area contributed by atoms with Gasteiger partial charge in [0.05, 0.1) is 23.4 Å². The second kappa shape index (κ2) is 9.14. The lowest BCUT2D eigenvalue weighted by Gasteiger charge is -2.27. The molecule has 1 aromatic carbocycles. The fourth-order valence-electron chi connectivity index (χ4n) is 3.33. The van der Waals surface area contributed by atoms with E-state index in [9.17, 15) is 4.79 Å². The minimum atomic E-state index is -0.194. The van der Waals surface area contributed by atoms with Crippen LogP contribution in [-0.2, 0) is 4.74 Å². The molecule has 0 atom stereocenters.